The van der Waals surface area contributed by atoms with Gasteiger partial charge in [-0.25, -0.2) is 4.98 Å². The third-order valence-corrected chi connectivity index (χ3v) is 3.47. The number of thioether (sulfide) groups is 1. The average Bonchev–Trinajstić information content (AvgIpc) is 2.89. The van der Waals surface area contributed by atoms with E-state index in [0.29, 0.717) is 6.54 Å². The van der Waals surface area contributed by atoms with Gasteiger partial charge in [0.2, 0.25) is 5.16 Å². The van der Waals surface area contributed by atoms with Crippen molar-refractivity contribution in [3.8, 4) is 17.6 Å². The van der Waals surface area contributed by atoms with Gasteiger partial charge in [0.05, 0.1) is 13.7 Å². The van der Waals surface area contributed by atoms with E-state index >= 15 is 0 Å². The van der Waals surface area contributed by atoms with Crippen molar-refractivity contribution in [2.75, 3.05) is 13.7 Å². The Labute approximate surface area is 122 Å². The molecule has 5 nitrogen and oxygen atoms in total. The van der Waals surface area contributed by atoms with E-state index in [4.69, 9.17) is 10.5 Å². The first-order valence-corrected chi connectivity index (χ1v) is 7.09. The Morgan fingerprint density at radius 2 is 2.30 bits per heavy atom. The predicted octanol–water partition coefficient (Wildman–Crippen LogP) is 1.72. The molecular weight excluding hydrogens is 272 g/mol. The largest absolute Gasteiger partial charge is 0.497 e. The zero-order chi connectivity index (χ0) is 14.4. The highest BCUT2D eigenvalue weighted by atomic mass is 32.2. The van der Waals surface area contributed by atoms with Gasteiger partial charge in [0.25, 0.3) is 0 Å². The Hall–Kier alpha value is -1.97. The molecule has 1 aromatic carbocycles. The summed E-state index contributed by atoms with van der Waals surface area (Å²) in [5, 5.41) is 7.66. The van der Waals surface area contributed by atoms with Crippen LogP contribution in [0, 0.1) is 18.8 Å². The molecule has 0 amide bonds. The maximum absolute atomic E-state index is 5.42. The zero-order valence-electron chi connectivity index (χ0n) is 11.4. The van der Waals surface area contributed by atoms with Gasteiger partial charge in [-0.3, -0.25) is 5.10 Å². The second-order valence-electron chi connectivity index (χ2n) is 4.02. The monoisotopic (exact) mass is 288 g/mol. The van der Waals surface area contributed by atoms with Crippen molar-refractivity contribution in [2.24, 2.45) is 5.73 Å². The number of nitrogens with zero attached hydrogens (tertiary/aromatic N) is 2. The summed E-state index contributed by atoms with van der Waals surface area (Å²) in [4.78, 5) is 4.27. The minimum atomic E-state index is 0.346. The van der Waals surface area contributed by atoms with Crippen LogP contribution in [-0.2, 0) is 5.75 Å². The minimum absolute atomic E-state index is 0.346. The van der Waals surface area contributed by atoms with E-state index in [1.54, 1.807) is 18.9 Å². The number of nitrogens with two attached hydrogens (primary N) is 1. The molecule has 0 unspecified atom stereocenters. The predicted molar refractivity (Wildman–Crippen MR) is 79.6 cm³/mol. The Balaban J connectivity index is 2.18. The normalized spacial score (nSPS) is 9.95. The van der Waals surface area contributed by atoms with Crippen LogP contribution in [0.1, 0.15) is 17.0 Å². The number of aryl methyl sites for hydroxylation is 1. The van der Waals surface area contributed by atoms with Gasteiger partial charge in [0.15, 0.2) is 0 Å². The molecule has 0 aliphatic heterocycles. The molecule has 1 aromatic heterocycles. The van der Waals surface area contributed by atoms with Crippen LogP contribution < -0.4 is 10.5 Å². The lowest BCUT2D eigenvalue weighted by molar-refractivity contribution is 0.414. The van der Waals surface area contributed by atoms with Crippen LogP contribution in [0.25, 0.3) is 0 Å². The molecular formula is C14H16N4OS. The molecule has 0 saturated carbocycles. The van der Waals surface area contributed by atoms with Gasteiger partial charge in [-0.1, -0.05) is 23.6 Å². The molecule has 0 fully saturated rings. The maximum atomic E-state index is 5.42. The SMILES string of the molecule is COc1ccc(C#CCN)c(CSc2n[nH]c(C)n2)c1. The van der Waals surface area contributed by atoms with Crippen LogP contribution in [0.15, 0.2) is 23.4 Å². The molecule has 1 heterocycles. The second kappa shape index (κ2) is 6.98. The summed E-state index contributed by atoms with van der Waals surface area (Å²) in [6.45, 7) is 2.22. The molecule has 6 heteroatoms. The molecule has 3 N–H and O–H groups in total. The summed E-state index contributed by atoms with van der Waals surface area (Å²) in [7, 11) is 1.65. The summed E-state index contributed by atoms with van der Waals surface area (Å²) < 4.78 is 5.25. The van der Waals surface area contributed by atoms with E-state index in [9.17, 15) is 0 Å². The standard InChI is InChI=1S/C14H16N4OS/c1-10-16-14(18-17-10)20-9-12-8-13(19-2)6-5-11(12)4-3-7-15/h5-6,8H,7,9,15H2,1-2H3,(H,16,17,18). The summed E-state index contributed by atoms with van der Waals surface area (Å²) in [6.07, 6.45) is 0. The zero-order valence-corrected chi connectivity index (χ0v) is 12.3. The first kappa shape index (κ1) is 14.4. The maximum Gasteiger partial charge on any atom is 0.208 e. The molecule has 0 aliphatic rings. The van der Waals surface area contributed by atoms with Crippen molar-refractivity contribution in [2.45, 2.75) is 17.8 Å². The molecule has 104 valence electrons. The van der Waals surface area contributed by atoms with Crippen molar-refractivity contribution in [3.63, 3.8) is 0 Å². The van der Waals surface area contributed by atoms with Gasteiger partial charge in [-0.05, 0) is 30.7 Å². The molecule has 0 bridgehead atoms. The van der Waals surface area contributed by atoms with Gasteiger partial charge < -0.3 is 10.5 Å². The van der Waals surface area contributed by atoms with Gasteiger partial charge >= 0.3 is 0 Å². The lowest BCUT2D eigenvalue weighted by Crippen LogP contribution is -1.95. The first-order valence-electron chi connectivity index (χ1n) is 6.10. The van der Waals surface area contributed by atoms with E-state index in [0.717, 1.165) is 33.6 Å². The number of hydrogen-bond acceptors (Lipinski definition) is 5. The van der Waals surface area contributed by atoms with Gasteiger partial charge in [0, 0.05) is 11.3 Å². The quantitative estimate of drug-likeness (QED) is 0.662. The van der Waals surface area contributed by atoms with Crippen LogP contribution >= 0.6 is 11.8 Å². The summed E-state index contributed by atoms with van der Waals surface area (Å²) in [5.41, 5.74) is 7.46. The molecule has 2 aromatic rings. The Morgan fingerprint density at radius 3 is 2.95 bits per heavy atom. The Bertz CT molecular complexity index is 642. The minimum Gasteiger partial charge on any atom is -0.497 e. The van der Waals surface area contributed by atoms with Crippen molar-refractivity contribution in [3.05, 3.63) is 35.2 Å². The van der Waals surface area contributed by atoms with Crippen LogP contribution in [0.5, 0.6) is 5.75 Å². The van der Waals surface area contributed by atoms with Crippen molar-refractivity contribution in [1.82, 2.24) is 15.2 Å². The molecule has 20 heavy (non-hydrogen) atoms. The Kier molecular flexibility index (Phi) is 5.04. The number of methoxy groups -OCH3 is 1. The second-order valence-corrected chi connectivity index (χ2v) is 4.96. The van der Waals surface area contributed by atoms with Crippen molar-refractivity contribution >= 4 is 11.8 Å². The lowest BCUT2D eigenvalue weighted by Gasteiger charge is -2.06. The number of rotatable bonds is 4. The molecule has 0 atom stereocenters. The van der Waals surface area contributed by atoms with Crippen LogP contribution in [0.2, 0.25) is 0 Å². The smallest absolute Gasteiger partial charge is 0.208 e. The Morgan fingerprint density at radius 1 is 1.45 bits per heavy atom. The highest BCUT2D eigenvalue weighted by Crippen LogP contribution is 2.24. The van der Waals surface area contributed by atoms with E-state index in [2.05, 4.69) is 27.0 Å². The van der Waals surface area contributed by atoms with Crippen LogP contribution in [-0.4, -0.2) is 28.8 Å². The third-order valence-electron chi connectivity index (χ3n) is 2.57. The molecule has 0 spiro atoms. The number of hydrogen-bond donors (Lipinski definition) is 2. The van der Waals surface area contributed by atoms with E-state index in [1.165, 1.54) is 0 Å². The fraction of sp³-hybridized carbons (Fsp3) is 0.286. The summed E-state index contributed by atoms with van der Waals surface area (Å²) >= 11 is 1.55. The van der Waals surface area contributed by atoms with Gasteiger partial charge in [-0.2, -0.15) is 0 Å². The highest BCUT2D eigenvalue weighted by molar-refractivity contribution is 7.98. The van der Waals surface area contributed by atoms with E-state index in [1.807, 2.05) is 25.1 Å². The molecule has 0 radical (unpaired) electrons. The fourth-order valence-corrected chi connectivity index (χ4v) is 2.45. The number of aromatic amines is 1. The summed E-state index contributed by atoms with van der Waals surface area (Å²) in [6, 6.07) is 5.82. The van der Waals surface area contributed by atoms with Crippen LogP contribution in [0.3, 0.4) is 0 Å². The van der Waals surface area contributed by atoms with Gasteiger partial charge in [-0.15, -0.1) is 5.10 Å². The lowest BCUT2D eigenvalue weighted by atomic mass is 10.1. The fourth-order valence-electron chi connectivity index (χ4n) is 1.61. The highest BCUT2D eigenvalue weighted by Gasteiger charge is 2.06. The number of benzene rings is 1. The van der Waals surface area contributed by atoms with Crippen molar-refractivity contribution < 1.29 is 4.74 Å². The molecule has 2 rings (SSSR count). The number of ether oxygens (including phenoxy) is 1. The average molecular weight is 288 g/mol. The van der Waals surface area contributed by atoms with Gasteiger partial charge in [0.1, 0.15) is 11.6 Å². The topological polar surface area (TPSA) is 76.8 Å². The first-order chi connectivity index (χ1) is 9.72. The van der Waals surface area contributed by atoms with E-state index in [-0.39, 0.29) is 0 Å². The number of aromatic nitrogens is 3. The molecule has 0 saturated heterocycles. The van der Waals surface area contributed by atoms with Crippen molar-refractivity contribution in [1.29, 1.82) is 0 Å². The number of H-pyrrole nitrogens is 1. The third kappa shape index (κ3) is 3.76. The molecule has 0 aliphatic carbocycles. The summed E-state index contributed by atoms with van der Waals surface area (Å²) in [5.74, 6) is 8.29. The van der Waals surface area contributed by atoms with Crippen LogP contribution in [0.4, 0.5) is 0 Å². The number of nitrogens with one attached hydrogen (secondary N) is 1. The van der Waals surface area contributed by atoms with E-state index < -0.39 is 0 Å².